The molecule has 0 radical (unpaired) electrons. The van der Waals surface area contributed by atoms with Crippen molar-refractivity contribution in [3.05, 3.63) is 22.4 Å². The summed E-state index contributed by atoms with van der Waals surface area (Å²) in [4.78, 5) is 12.5. The number of carbonyl (C=O) groups is 1. The summed E-state index contributed by atoms with van der Waals surface area (Å²) in [5, 5.41) is 2.00. The third-order valence-corrected chi connectivity index (χ3v) is 2.81. The first kappa shape index (κ1) is 12.8. The lowest BCUT2D eigenvalue weighted by atomic mass is 10.1. The van der Waals surface area contributed by atoms with Crippen LogP contribution in [-0.2, 0) is 9.53 Å². The zero-order chi connectivity index (χ0) is 12.2. The monoisotopic (exact) mass is 236 g/mol. The summed E-state index contributed by atoms with van der Waals surface area (Å²) in [6.07, 6.45) is 0. The molecule has 0 aromatic carbocycles. The van der Waals surface area contributed by atoms with E-state index < -0.39 is 11.6 Å². The van der Waals surface area contributed by atoms with Gasteiger partial charge in [-0.25, -0.2) is 4.79 Å². The molecule has 1 aromatic rings. The third-order valence-electron chi connectivity index (χ3n) is 1.76. The average Bonchev–Trinajstić information content (AvgIpc) is 2.64. The van der Waals surface area contributed by atoms with Crippen LogP contribution in [0.2, 0.25) is 0 Å². The van der Waals surface area contributed by atoms with Crippen molar-refractivity contribution in [2.45, 2.75) is 39.2 Å². The van der Waals surface area contributed by atoms with Crippen LogP contribution in [0.4, 0.5) is 0 Å². The van der Waals surface area contributed by atoms with Gasteiger partial charge in [0.1, 0.15) is 5.60 Å². The van der Waals surface area contributed by atoms with Gasteiger partial charge in [-0.3, -0.25) is 0 Å². The number of ether oxygens (including phenoxy) is 1. The summed E-state index contributed by atoms with van der Waals surface area (Å²) in [5.74, 6) is 5.03. The molecule has 1 rings (SSSR count). The normalized spacial score (nSPS) is 12.5. The van der Waals surface area contributed by atoms with Crippen molar-refractivity contribution in [2.75, 3.05) is 0 Å². The van der Waals surface area contributed by atoms with Crippen LogP contribution in [0.15, 0.2) is 17.5 Å². The third kappa shape index (κ3) is 4.50. The highest BCUT2D eigenvalue weighted by atomic mass is 32.1. The maximum atomic E-state index is 11.3. The first-order valence-electron chi connectivity index (χ1n) is 5.16. The minimum absolute atomic E-state index is 0.0764. The van der Waals surface area contributed by atoms with E-state index in [2.05, 4.69) is 11.8 Å². The predicted molar refractivity (Wildman–Crippen MR) is 66.4 cm³/mol. The Hall–Kier alpha value is -1.27. The molecule has 1 unspecified atom stereocenters. The molecule has 1 atom stereocenters. The van der Waals surface area contributed by atoms with Gasteiger partial charge in [-0.05, 0) is 39.1 Å². The van der Waals surface area contributed by atoms with Gasteiger partial charge in [0.15, 0.2) is 0 Å². The fourth-order valence-electron chi connectivity index (χ4n) is 1.08. The molecule has 1 heterocycles. The van der Waals surface area contributed by atoms with Gasteiger partial charge in [0.2, 0.25) is 0 Å². The van der Waals surface area contributed by atoms with Gasteiger partial charge in [0, 0.05) is 10.8 Å². The van der Waals surface area contributed by atoms with Crippen LogP contribution in [0.5, 0.6) is 0 Å². The summed E-state index contributed by atoms with van der Waals surface area (Å²) in [5.41, 5.74) is -0.474. The number of esters is 1. The topological polar surface area (TPSA) is 26.3 Å². The van der Waals surface area contributed by atoms with E-state index in [-0.39, 0.29) is 5.92 Å². The van der Waals surface area contributed by atoms with Crippen LogP contribution < -0.4 is 0 Å². The van der Waals surface area contributed by atoms with E-state index in [0.29, 0.717) is 0 Å². The lowest BCUT2D eigenvalue weighted by Crippen LogP contribution is -2.22. The lowest BCUT2D eigenvalue weighted by molar-refractivity contribution is -0.147. The average molecular weight is 236 g/mol. The maximum Gasteiger partial charge on any atom is 0.384 e. The molecule has 3 heteroatoms. The number of hydrogen-bond donors (Lipinski definition) is 0. The van der Waals surface area contributed by atoms with Gasteiger partial charge in [-0.2, -0.15) is 0 Å². The van der Waals surface area contributed by atoms with E-state index in [1.807, 2.05) is 45.2 Å². The predicted octanol–water partition coefficient (Wildman–Crippen LogP) is 3.20. The van der Waals surface area contributed by atoms with Gasteiger partial charge in [0.05, 0.1) is 5.92 Å². The molecular weight excluding hydrogens is 220 g/mol. The summed E-state index contributed by atoms with van der Waals surface area (Å²) < 4.78 is 5.10. The van der Waals surface area contributed by atoms with Crippen molar-refractivity contribution >= 4 is 17.3 Å². The van der Waals surface area contributed by atoms with Crippen molar-refractivity contribution in [1.29, 1.82) is 0 Å². The second kappa shape index (κ2) is 5.18. The molecule has 0 aliphatic carbocycles. The van der Waals surface area contributed by atoms with Crippen LogP contribution in [0.1, 0.15) is 38.5 Å². The van der Waals surface area contributed by atoms with Gasteiger partial charge < -0.3 is 4.74 Å². The summed E-state index contributed by atoms with van der Waals surface area (Å²) in [7, 11) is 0. The first-order chi connectivity index (χ1) is 7.38. The fraction of sp³-hybridized carbons (Fsp3) is 0.462. The van der Waals surface area contributed by atoms with Crippen molar-refractivity contribution in [3.8, 4) is 11.8 Å². The van der Waals surface area contributed by atoms with Crippen molar-refractivity contribution in [3.63, 3.8) is 0 Å². The number of hydrogen-bond acceptors (Lipinski definition) is 3. The van der Waals surface area contributed by atoms with E-state index in [9.17, 15) is 4.79 Å². The highest BCUT2D eigenvalue weighted by Gasteiger charge is 2.14. The molecular formula is C13H16O2S. The van der Waals surface area contributed by atoms with Gasteiger partial charge in [-0.15, -0.1) is 11.3 Å². The zero-order valence-electron chi connectivity index (χ0n) is 10.0. The van der Waals surface area contributed by atoms with Crippen molar-refractivity contribution in [1.82, 2.24) is 0 Å². The Labute approximate surface area is 101 Å². The maximum absolute atomic E-state index is 11.3. The highest BCUT2D eigenvalue weighted by Crippen LogP contribution is 2.19. The molecule has 0 saturated heterocycles. The molecule has 0 aliphatic heterocycles. The molecule has 0 fully saturated rings. The zero-order valence-corrected chi connectivity index (χ0v) is 10.9. The second-order valence-electron chi connectivity index (χ2n) is 4.51. The van der Waals surface area contributed by atoms with Gasteiger partial charge in [0.25, 0.3) is 0 Å². The largest absolute Gasteiger partial charge is 0.450 e. The van der Waals surface area contributed by atoms with E-state index in [1.54, 1.807) is 11.3 Å². The van der Waals surface area contributed by atoms with E-state index in [4.69, 9.17) is 4.74 Å². The van der Waals surface area contributed by atoms with E-state index in [0.717, 1.165) is 4.88 Å². The number of carbonyl (C=O) groups excluding carboxylic acids is 1. The Kier molecular flexibility index (Phi) is 4.14. The van der Waals surface area contributed by atoms with Crippen molar-refractivity contribution in [2.24, 2.45) is 0 Å². The van der Waals surface area contributed by atoms with E-state index in [1.165, 1.54) is 0 Å². The standard InChI is InChI=1S/C13H16O2S/c1-10(11-6-5-9-16-11)7-8-12(14)15-13(2,3)4/h5-6,9-10H,1-4H3. The lowest BCUT2D eigenvalue weighted by Gasteiger charge is -2.16. The number of thiophene rings is 1. The molecule has 0 spiro atoms. The van der Waals surface area contributed by atoms with Crippen LogP contribution >= 0.6 is 11.3 Å². The summed E-state index contributed by atoms with van der Waals surface area (Å²) >= 11 is 1.64. The quantitative estimate of drug-likeness (QED) is 0.425. The Balaban J connectivity index is 2.58. The minimum Gasteiger partial charge on any atom is -0.450 e. The highest BCUT2D eigenvalue weighted by molar-refractivity contribution is 7.10. The number of rotatable bonds is 1. The Morgan fingerprint density at radius 1 is 1.50 bits per heavy atom. The Morgan fingerprint density at radius 2 is 2.19 bits per heavy atom. The molecule has 16 heavy (non-hydrogen) atoms. The minimum atomic E-state index is -0.474. The van der Waals surface area contributed by atoms with E-state index >= 15 is 0 Å². The van der Waals surface area contributed by atoms with Crippen LogP contribution in [0, 0.1) is 11.8 Å². The van der Waals surface area contributed by atoms with Gasteiger partial charge in [-0.1, -0.05) is 12.0 Å². The first-order valence-corrected chi connectivity index (χ1v) is 6.04. The molecule has 86 valence electrons. The van der Waals surface area contributed by atoms with Crippen LogP contribution in [0.25, 0.3) is 0 Å². The molecule has 0 N–H and O–H groups in total. The summed E-state index contributed by atoms with van der Waals surface area (Å²) in [6, 6.07) is 3.99. The molecule has 0 aliphatic rings. The molecule has 0 amide bonds. The molecule has 0 saturated carbocycles. The van der Waals surface area contributed by atoms with Crippen molar-refractivity contribution < 1.29 is 9.53 Å². The smallest absolute Gasteiger partial charge is 0.384 e. The summed E-state index contributed by atoms with van der Waals surface area (Å²) in [6.45, 7) is 7.46. The molecule has 2 nitrogen and oxygen atoms in total. The Morgan fingerprint density at radius 3 is 2.69 bits per heavy atom. The van der Waals surface area contributed by atoms with Gasteiger partial charge >= 0.3 is 5.97 Å². The van der Waals surface area contributed by atoms with Crippen LogP contribution in [-0.4, -0.2) is 11.6 Å². The Bertz CT molecular complexity index is 401. The second-order valence-corrected chi connectivity index (χ2v) is 5.49. The molecule has 1 aromatic heterocycles. The molecule has 0 bridgehead atoms. The fourth-order valence-corrected chi connectivity index (χ4v) is 1.81. The van der Waals surface area contributed by atoms with Crippen LogP contribution in [0.3, 0.4) is 0 Å². The SMILES string of the molecule is CC(C#CC(=O)OC(C)(C)C)c1cccs1.